The number of hydrogen-bond donors (Lipinski definition) is 2. The molecule has 27 heavy (non-hydrogen) atoms. The van der Waals surface area contributed by atoms with E-state index in [0.29, 0.717) is 39.6 Å². The number of nitrogens with zero attached hydrogens (tertiary/aromatic N) is 1. The van der Waals surface area contributed by atoms with Crippen molar-refractivity contribution < 1.29 is 18.0 Å². The van der Waals surface area contributed by atoms with E-state index in [1.807, 2.05) is 6.92 Å². The van der Waals surface area contributed by atoms with Crippen LogP contribution >= 0.6 is 11.6 Å². The molecular formula is C19H15ClF3N3O. The lowest BCUT2D eigenvalue weighted by molar-refractivity contribution is -0.137. The van der Waals surface area contributed by atoms with E-state index >= 15 is 0 Å². The first-order chi connectivity index (χ1) is 12.8. The van der Waals surface area contributed by atoms with Crippen LogP contribution in [0, 0.1) is 0 Å². The van der Waals surface area contributed by atoms with Crippen LogP contribution in [0.25, 0.3) is 11.3 Å². The molecule has 0 atom stereocenters. The van der Waals surface area contributed by atoms with Crippen LogP contribution in [0.3, 0.4) is 0 Å². The summed E-state index contributed by atoms with van der Waals surface area (Å²) < 4.78 is 38.3. The van der Waals surface area contributed by atoms with Crippen LogP contribution in [0.5, 0.6) is 0 Å². The lowest BCUT2D eigenvalue weighted by Crippen LogP contribution is -2.13. The Hall–Kier alpha value is -2.80. The zero-order valence-corrected chi connectivity index (χ0v) is 14.9. The van der Waals surface area contributed by atoms with Gasteiger partial charge in [-0.15, -0.1) is 0 Å². The predicted molar refractivity (Wildman–Crippen MR) is 97.8 cm³/mol. The number of nitrogens with one attached hydrogen (secondary N) is 2. The molecule has 0 radical (unpaired) electrons. The molecule has 0 saturated carbocycles. The third-order valence-corrected chi connectivity index (χ3v) is 4.37. The minimum atomic E-state index is -4.42. The number of halogens is 4. The second kappa shape index (κ2) is 7.44. The van der Waals surface area contributed by atoms with Crippen LogP contribution in [-0.4, -0.2) is 16.1 Å². The Labute approximate surface area is 158 Å². The van der Waals surface area contributed by atoms with Crippen LogP contribution < -0.4 is 5.32 Å². The van der Waals surface area contributed by atoms with Gasteiger partial charge in [0, 0.05) is 5.56 Å². The number of aromatic nitrogens is 2. The molecule has 0 aliphatic rings. The lowest BCUT2D eigenvalue weighted by Gasteiger charge is -2.10. The van der Waals surface area contributed by atoms with Gasteiger partial charge in [0.15, 0.2) is 0 Å². The fourth-order valence-electron chi connectivity index (χ4n) is 2.62. The maximum Gasteiger partial charge on any atom is 0.416 e. The smallest absolute Gasteiger partial charge is 0.318 e. The van der Waals surface area contributed by atoms with Gasteiger partial charge in [-0.1, -0.05) is 42.8 Å². The number of aryl methyl sites for hydroxylation is 1. The van der Waals surface area contributed by atoms with Gasteiger partial charge in [0.1, 0.15) is 5.69 Å². The Morgan fingerprint density at radius 3 is 2.41 bits per heavy atom. The van der Waals surface area contributed by atoms with Gasteiger partial charge in [0.25, 0.3) is 5.91 Å². The molecule has 0 saturated heterocycles. The van der Waals surface area contributed by atoms with E-state index < -0.39 is 17.6 Å². The van der Waals surface area contributed by atoms with Crippen molar-refractivity contribution in [3.05, 3.63) is 70.4 Å². The van der Waals surface area contributed by atoms with Crippen LogP contribution in [0.2, 0.25) is 5.02 Å². The van der Waals surface area contributed by atoms with Gasteiger partial charge < -0.3 is 5.32 Å². The van der Waals surface area contributed by atoms with Crippen molar-refractivity contribution in [3.8, 4) is 11.3 Å². The summed E-state index contributed by atoms with van der Waals surface area (Å²) in [6.07, 6.45) is -3.87. The summed E-state index contributed by atoms with van der Waals surface area (Å²) in [6, 6.07) is 11.2. The van der Waals surface area contributed by atoms with Crippen LogP contribution in [0.15, 0.2) is 48.5 Å². The van der Waals surface area contributed by atoms with Gasteiger partial charge >= 0.3 is 6.18 Å². The van der Waals surface area contributed by atoms with Crippen molar-refractivity contribution in [2.75, 3.05) is 5.32 Å². The molecule has 0 aliphatic heterocycles. The van der Waals surface area contributed by atoms with Gasteiger partial charge in [-0.25, -0.2) is 0 Å². The molecule has 4 nitrogen and oxygen atoms in total. The molecule has 1 amide bonds. The van der Waals surface area contributed by atoms with E-state index in [9.17, 15) is 18.0 Å². The van der Waals surface area contributed by atoms with E-state index in [-0.39, 0.29) is 0 Å². The SMILES string of the molecule is CCc1[nH]nc(-c2ccc(C(F)(F)F)cc2)c1NC(=O)c1ccccc1Cl. The summed E-state index contributed by atoms with van der Waals surface area (Å²) in [5.74, 6) is -0.426. The Morgan fingerprint density at radius 1 is 1.15 bits per heavy atom. The maximum absolute atomic E-state index is 12.8. The number of rotatable bonds is 4. The van der Waals surface area contributed by atoms with Gasteiger partial charge in [-0.05, 0) is 30.7 Å². The summed E-state index contributed by atoms with van der Waals surface area (Å²) in [7, 11) is 0. The lowest BCUT2D eigenvalue weighted by atomic mass is 10.1. The van der Waals surface area contributed by atoms with E-state index in [0.717, 1.165) is 12.1 Å². The molecular weight excluding hydrogens is 379 g/mol. The summed E-state index contributed by atoms with van der Waals surface area (Å²) in [5.41, 5.74) is 1.43. The van der Waals surface area contributed by atoms with Gasteiger partial charge in [-0.2, -0.15) is 18.3 Å². The summed E-state index contributed by atoms with van der Waals surface area (Å²) in [5, 5.41) is 10.1. The Kier molecular flexibility index (Phi) is 5.23. The molecule has 3 rings (SSSR count). The molecule has 1 heterocycles. The second-order valence-electron chi connectivity index (χ2n) is 5.79. The highest BCUT2D eigenvalue weighted by Gasteiger charge is 2.30. The van der Waals surface area contributed by atoms with E-state index in [1.165, 1.54) is 12.1 Å². The highest BCUT2D eigenvalue weighted by atomic mass is 35.5. The molecule has 3 aromatic rings. The van der Waals surface area contributed by atoms with Crippen molar-refractivity contribution in [1.29, 1.82) is 0 Å². The Bertz CT molecular complexity index is 965. The molecule has 0 spiro atoms. The third-order valence-electron chi connectivity index (χ3n) is 4.04. The zero-order chi connectivity index (χ0) is 19.6. The number of H-pyrrole nitrogens is 1. The summed E-state index contributed by atoms with van der Waals surface area (Å²) in [6.45, 7) is 1.87. The quantitative estimate of drug-likeness (QED) is 0.609. The first-order valence-electron chi connectivity index (χ1n) is 8.12. The number of amides is 1. The molecule has 1 aromatic heterocycles. The normalized spacial score (nSPS) is 11.4. The zero-order valence-electron chi connectivity index (χ0n) is 14.2. The molecule has 2 aromatic carbocycles. The topological polar surface area (TPSA) is 57.8 Å². The van der Waals surface area contributed by atoms with Crippen molar-refractivity contribution in [3.63, 3.8) is 0 Å². The number of anilines is 1. The van der Waals surface area contributed by atoms with E-state index in [2.05, 4.69) is 15.5 Å². The fraction of sp³-hybridized carbons (Fsp3) is 0.158. The largest absolute Gasteiger partial charge is 0.416 e. The number of alkyl halides is 3. The first-order valence-corrected chi connectivity index (χ1v) is 8.49. The fourth-order valence-corrected chi connectivity index (χ4v) is 2.84. The van der Waals surface area contributed by atoms with Crippen molar-refractivity contribution in [2.24, 2.45) is 0 Å². The molecule has 8 heteroatoms. The minimum Gasteiger partial charge on any atom is -0.318 e. The maximum atomic E-state index is 12.8. The van der Waals surface area contributed by atoms with Crippen molar-refractivity contribution in [2.45, 2.75) is 19.5 Å². The first kappa shape index (κ1) is 19.0. The second-order valence-corrected chi connectivity index (χ2v) is 6.20. The monoisotopic (exact) mass is 393 g/mol. The van der Waals surface area contributed by atoms with Crippen LogP contribution in [0.4, 0.5) is 18.9 Å². The Balaban J connectivity index is 1.96. The third kappa shape index (κ3) is 3.98. The van der Waals surface area contributed by atoms with Crippen LogP contribution in [0.1, 0.15) is 28.5 Å². The van der Waals surface area contributed by atoms with Gasteiger partial charge in [0.2, 0.25) is 0 Å². The van der Waals surface area contributed by atoms with E-state index in [1.54, 1.807) is 24.3 Å². The molecule has 0 bridgehead atoms. The van der Waals surface area contributed by atoms with Crippen molar-refractivity contribution in [1.82, 2.24) is 10.2 Å². The summed E-state index contributed by atoms with van der Waals surface area (Å²) in [4.78, 5) is 12.6. The van der Waals surface area contributed by atoms with Gasteiger partial charge in [-0.3, -0.25) is 9.89 Å². The average molecular weight is 394 g/mol. The average Bonchev–Trinajstić information content (AvgIpc) is 3.04. The number of carbonyl (C=O) groups excluding carboxylic acids is 1. The van der Waals surface area contributed by atoms with E-state index in [4.69, 9.17) is 11.6 Å². The van der Waals surface area contributed by atoms with Crippen LogP contribution in [-0.2, 0) is 12.6 Å². The van der Waals surface area contributed by atoms with Gasteiger partial charge in [0.05, 0.1) is 27.5 Å². The number of hydrogen-bond acceptors (Lipinski definition) is 2. The molecule has 0 unspecified atom stereocenters. The standard InChI is InChI=1S/C19H15ClF3N3O/c1-2-15-17(24-18(27)13-5-3-4-6-14(13)20)16(26-25-15)11-7-9-12(10-8-11)19(21,22)23/h3-10H,2H2,1H3,(H,24,27)(H,25,26). The molecule has 0 fully saturated rings. The minimum absolute atomic E-state index is 0.292. The molecule has 0 aliphatic carbocycles. The highest BCUT2D eigenvalue weighted by Crippen LogP contribution is 2.34. The number of aromatic amines is 1. The number of benzene rings is 2. The van der Waals surface area contributed by atoms with Crippen molar-refractivity contribution >= 4 is 23.2 Å². The molecule has 2 N–H and O–H groups in total. The Morgan fingerprint density at radius 2 is 1.81 bits per heavy atom. The predicted octanol–water partition coefficient (Wildman–Crippen LogP) is 5.56. The summed E-state index contributed by atoms with van der Waals surface area (Å²) >= 11 is 6.06. The molecule has 140 valence electrons. The highest BCUT2D eigenvalue weighted by molar-refractivity contribution is 6.34. The number of carbonyl (C=O) groups is 1.